The third-order valence-electron chi connectivity index (χ3n) is 6.67. The number of thiophene rings is 1. The number of nitroso groups, excluding NO2 is 2. The molecule has 2 aromatic rings. The molecule has 0 radical (unpaired) electrons. The third kappa shape index (κ3) is 5.58. The average molecular weight is 457 g/mol. The van der Waals surface area contributed by atoms with Crippen molar-refractivity contribution in [3.8, 4) is 0 Å². The first-order chi connectivity index (χ1) is 15.2. The number of carbonyl (C=O) groups is 1. The third-order valence-corrected chi connectivity index (χ3v) is 7.95. The van der Waals surface area contributed by atoms with Crippen LogP contribution in [0.25, 0.3) is 0 Å². The van der Waals surface area contributed by atoms with Gasteiger partial charge in [-0.15, -0.1) is 16.2 Å². The lowest BCUT2D eigenvalue weighted by Crippen LogP contribution is -2.26. The van der Waals surface area contributed by atoms with Gasteiger partial charge in [0.25, 0.3) is 0 Å². The second-order valence-corrected chi connectivity index (χ2v) is 10.7. The van der Waals surface area contributed by atoms with Gasteiger partial charge in [0, 0.05) is 15.5 Å². The summed E-state index contributed by atoms with van der Waals surface area (Å²) in [4.78, 5) is 35.3. The largest absolute Gasteiger partial charge is 0.326 e. The smallest absolute Gasteiger partial charge is 0.262 e. The summed E-state index contributed by atoms with van der Waals surface area (Å²) in [5.41, 5.74) is 3.47. The van der Waals surface area contributed by atoms with E-state index >= 15 is 0 Å². The molecule has 0 aliphatic heterocycles. The molecule has 0 bridgehead atoms. The van der Waals surface area contributed by atoms with E-state index in [0.29, 0.717) is 4.88 Å². The standard InChI is InChI=1S/C26H36N2O3S/c1-7-10-19-17-20(13-11-18(19)12-15-22(27-30)25(4,5)6)26(8-2,9-3)23-16-14-21(32-23)24(29)28-31/h11,13-14,16-17,22H,7-10,12,15H2,1-6H3. The molecular formula is C26H36N2O3S. The van der Waals surface area contributed by atoms with Crippen LogP contribution in [0.5, 0.6) is 0 Å². The Morgan fingerprint density at radius 1 is 0.969 bits per heavy atom. The summed E-state index contributed by atoms with van der Waals surface area (Å²) in [6, 6.07) is 10.2. The van der Waals surface area contributed by atoms with E-state index in [1.807, 2.05) is 6.07 Å². The fourth-order valence-electron chi connectivity index (χ4n) is 4.51. The van der Waals surface area contributed by atoms with Gasteiger partial charge in [0.15, 0.2) is 0 Å². The molecule has 0 N–H and O–H groups in total. The number of nitrogens with zero attached hydrogens (tertiary/aromatic N) is 2. The minimum absolute atomic E-state index is 0.142. The van der Waals surface area contributed by atoms with Gasteiger partial charge in [-0.05, 0) is 66.3 Å². The van der Waals surface area contributed by atoms with Gasteiger partial charge in [0.05, 0.1) is 10.9 Å². The Balaban J connectivity index is 2.45. The number of aryl methyl sites for hydroxylation is 2. The Labute approximate surface area is 196 Å². The van der Waals surface area contributed by atoms with Crippen molar-refractivity contribution in [1.29, 1.82) is 0 Å². The zero-order valence-electron chi connectivity index (χ0n) is 20.2. The molecular weight excluding hydrogens is 420 g/mol. The van der Waals surface area contributed by atoms with Crippen molar-refractivity contribution >= 4 is 17.2 Å². The summed E-state index contributed by atoms with van der Waals surface area (Å²) >= 11 is 1.37. The summed E-state index contributed by atoms with van der Waals surface area (Å²) < 4.78 is 0. The lowest BCUT2D eigenvalue weighted by atomic mass is 9.73. The molecule has 0 spiro atoms. The molecule has 32 heavy (non-hydrogen) atoms. The van der Waals surface area contributed by atoms with E-state index in [0.717, 1.165) is 43.4 Å². The van der Waals surface area contributed by atoms with Crippen LogP contribution in [0.4, 0.5) is 0 Å². The van der Waals surface area contributed by atoms with Gasteiger partial charge in [-0.2, -0.15) is 4.91 Å². The number of amides is 1. The highest BCUT2D eigenvalue weighted by Crippen LogP contribution is 2.43. The van der Waals surface area contributed by atoms with E-state index in [9.17, 15) is 14.6 Å². The Kier molecular flexibility index (Phi) is 9.02. The average Bonchev–Trinajstić information content (AvgIpc) is 3.26. The Morgan fingerprint density at radius 3 is 2.19 bits per heavy atom. The van der Waals surface area contributed by atoms with Crippen LogP contribution in [0.15, 0.2) is 40.7 Å². The molecule has 0 aliphatic rings. The molecule has 174 valence electrons. The molecule has 1 amide bonds. The van der Waals surface area contributed by atoms with E-state index in [2.05, 4.69) is 70.1 Å². The maximum Gasteiger partial charge on any atom is 0.326 e. The monoisotopic (exact) mass is 456 g/mol. The fraction of sp³-hybridized carbons (Fsp3) is 0.577. The Morgan fingerprint density at radius 2 is 1.66 bits per heavy atom. The predicted molar refractivity (Wildman–Crippen MR) is 134 cm³/mol. The van der Waals surface area contributed by atoms with Crippen molar-refractivity contribution in [2.24, 2.45) is 15.8 Å². The van der Waals surface area contributed by atoms with Gasteiger partial charge < -0.3 is 0 Å². The number of benzene rings is 1. The Hall–Kier alpha value is -2.21. The highest BCUT2D eigenvalue weighted by Gasteiger charge is 2.33. The Bertz CT molecular complexity index is 939. The first-order valence-electron chi connectivity index (χ1n) is 11.6. The van der Waals surface area contributed by atoms with Crippen LogP contribution in [0.3, 0.4) is 0 Å². The molecule has 1 aromatic heterocycles. The topological polar surface area (TPSA) is 75.9 Å². The summed E-state index contributed by atoms with van der Waals surface area (Å²) in [7, 11) is 0. The molecule has 1 atom stereocenters. The summed E-state index contributed by atoms with van der Waals surface area (Å²) in [6.45, 7) is 12.7. The maximum atomic E-state index is 11.8. The molecule has 0 fully saturated rings. The number of rotatable bonds is 11. The van der Waals surface area contributed by atoms with Crippen molar-refractivity contribution in [2.45, 2.75) is 91.5 Å². The van der Waals surface area contributed by atoms with Crippen LogP contribution >= 0.6 is 11.3 Å². The van der Waals surface area contributed by atoms with Crippen LogP contribution in [0, 0.1) is 15.2 Å². The van der Waals surface area contributed by atoms with E-state index in [1.54, 1.807) is 6.07 Å². The fourth-order valence-corrected chi connectivity index (χ4v) is 5.75. The van der Waals surface area contributed by atoms with Crippen LogP contribution in [0.2, 0.25) is 0 Å². The molecule has 1 aromatic carbocycles. The van der Waals surface area contributed by atoms with Gasteiger partial charge in [0.1, 0.15) is 0 Å². The number of hydrogen-bond acceptors (Lipinski definition) is 5. The molecule has 6 heteroatoms. The van der Waals surface area contributed by atoms with Gasteiger partial charge in [0.2, 0.25) is 0 Å². The lowest BCUT2D eigenvalue weighted by Gasteiger charge is -2.32. The first kappa shape index (κ1) is 26.0. The molecule has 2 rings (SSSR count). The maximum absolute atomic E-state index is 11.8. The van der Waals surface area contributed by atoms with Gasteiger partial charge in [-0.25, -0.2) is 0 Å². The van der Waals surface area contributed by atoms with Crippen molar-refractivity contribution in [1.82, 2.24) is 0 Å². The van der Waals surface area contributed by atoms with E-state index in [-0.39, 0.29) is 16.9 Å². The van der Waals surface area contributed by atoms with Crippen molar-refractivity contribution in [2.75, 3.05) is 0 Å². The van der Waals surface area contributed by atoms with E-state index in [1.165, 1.54) is 28.0 Å². The van der Waals surface area contributed by atoms with E-state index < -0.39 is 5.91 Å². The highest BCUT2D eigenvalue weighted by atomic mass is 32.1. The zero-order valence-corrected chi connectivity index (χ0v) is 21.1. The van der Waals surface area contributed by atoms with Crippen LogP contribution in [0.1, 0.15) is 98.5 Å². The molecule has 5 nitrogen and oxygen atoms in total. The summed E-state index contributed by atoms with van der Waals surface area (Å²) in [6.07, 6.45) is 5.36. The molecule has 1 unspecified atom stereocenters. The van der Waals surface area contributed by atoms with E-state index in [4.69, 9.17) is 0 Å². The van der Waals surface area contributed by atoms with Crippen LogP contribution in [-0.2, 0) is 18.3 Å². The molecule has 0 aliphatic carbocycles. The van der Waals surface area contributed by atoms with Gasteiger partial charge in [-0.1, -0.05) is 71.3 Å². The number of hydrogen-bond donors (Lipinski definition) is 0. The quantitative estimate of drug-likeness (QED) is 0.323. The summed E-state index contributed by atoms with van der Waals surface area (Å²) in [5.74, 6) is -0.707. The van der Waals surface area contributed by atoms with Crippen LogP contribution in [-0.4, -0.2) is 11.9 Å². The van der Waals surface area contributed by atoms with Crippen molar-refractivity contribution in [3.05, 3.63) is 66.6 Å². The molecule has 1 heterocycles. The minimum atomic E-state index is -0.707. The van der Waals surface area contributed by atoms with Crippen LogP contribution < -0.4 is 0 Å². The zero-order chi connectivity index (χ0) is 23.9. The molecule has 0 saturated carbocycles. The second kappa shape index (κ2) is 11.1. The van der Waals surface area contributed by atoms with Gasteiger partial charge >= 0.3 is 5.91 Å². The first-order valence-corrected chi connectivity index (χ1v) is 12.4. The predicted octanol–water partition coefficient (Wildman–Crippen LogP) is 7.83. The normalized spacial score (nSPS) is 13.1. The summed E-state index contributed by atoms with van der Waals surface area (Å²) in [5, 5.41) is 5.97. The minimum Gasteiger partial charge on any atom is -0.262 e. The highest BCUT2D eigenvalue weighted by molar-refractivity contribution is 7.14. The van der Waals surface area contributed by atoms with Gasteiger partial charge in [-0.3, -0.25) is 4.79 Å². The second-order valence-electron chi connectivity index (χ2n) is 9.61. The number of carbonyl (C=O) groups excluding carboxylic acids is 1. The SMILES string of the molecule is CCCc1cc(C(CC)(CC)c2ccc(C(=O)N=O)s2)ccc1CCC(N=O)C(C)(C)C. The van der Waals surface area contributed by atoms with Crippen molar-refractivity contribution < 1.29 is 4.79 Å². The lowest BCUT2D eigenvalue weighted by molar-refractivity contribution is 0.100. The van der Waals surface area contributed by atoms with Crippen molar-refractivity contribution in [3.63, 3.8) is 0 Å². The molecule has 0 saturated heterocycles.